The van der Waals surface area contributed by atoms with Gasteiger partial charge in [0.1, 0.15) is 5.78 Å². The molecule has 7 nitrogen and oxygen atoms in total. The molecule has 5 saturated carbocycles. The molecule has 7 fully saturated rings. The third kappa shape index (κ3) is 1.40. The number of rotatable bonds is 0. The van der Waals surface area contributed by atoms with E-state index < -0.39 is 10.8 Å². The van der Waals surface area contributed by atoms with Crippen LogP contribution in [0.25, 0.3) is 0 Å². The average molecular weight is 382 g/mol. The molecule has 7 heteroatoms. The lowest BCUT2D eigenvalue weighted by atomic mass is 9.58. The van der Waals surface area contributed by atoms with Crippen LogP contribution in [0.15, 0.2) is 0 Å². The van der Waals surface area contributed by atoms with Crippen LogP contribution in [-0.4, -0.2) is 29.4 Å². The van der Waals surface area contributed by atoms with E-state index >= 15 is 0 Å². The smallest absolute Gasteiger partial charge is 0.230 e. The molecule has 4 bridgehead atoms. The van der Waals surface area contributed by atoms with Crippen LogP contribution in [0.2, 0.25) is 0 Å². The van der Waals surface area contributed by atoms with E-state index in [9.17, 15) is 24.0 Å². The Balaban J connectivity index is 1.27. The van der Waals surface area contributed by atoms with Crippen molar-refractivity contribution >= 4 is 29.4 Å². The minimum atomic E-state index is -0.493. The molecule has 2 heterocycles. The molecule has 0 aromatic carbocycles. The van der Waals surface area contributed by atoms with Crippen LogP contribution in [0, 0.1) is 58.2 Å². The number of hydrogen-bond donors (Lipinski definition) is 2. The first-order valence-electron chi connectivity index (χ1n) is 10.6. The molecule has 7 aliphatic rings. The van der Waals surface area contributed by atoms with Gasteiger partial charge in [-0.2, -0.15) is 0 Å². The Kier molecular flexibility index (Phi) is 2.49. The number of ketones is 1. The lowest BCUT2D eigenvalue weighted by Gasteiger charge is -2.41. The van der Waals surface area contributed by atoms with Crippen LogP contribution in [0.1, 0.15) is 38.5 Å². The van der Waals surface area contributed by atoms with Gasteiger partial charge in [0.25, 0.3) is 0 Å². The molecular weight excluding hydrogens is 360 g/mol. The topological polar surface area (TPSA) is 109 Å². The minimum absolute atomic E-state index is 0.0326. The summed E-state index contributed by atoms with van der Waals surface area (Å²) in [6, 6.07) is 0. The maximum atomic E-state index is 14.1. The number of carbonyl (C=O) groups excluding carboxylic acids is 5. The molecule has 7 rings (SSSR count). The second kappa shape index (κ2) is 4.41. The Morgan fingerprint density at radius 2 is 1.00 bits per heavy atom. The molecule has 10 atom stereocenters. The van der Waals surface area contributed by atoms with Gasteiger partial charge in [-0.25, -0.2) is 0 Å². The van der Waals surface area contributed by atoms with Crippen molar-refractivity contribution in [3.8, 4) is 0 Å². The Morgan fingerprint density at radius 3 is 1.43 bits per heavy atom. The summed E-state index contributed by atoms with van der Waals surface area (Å²) in [5, 5.41) is 4.98. The van der Waals surface area contributed by atoms with Gasteiger partial charge in [0.2, 0.25) is 23.6 Å². The second-order valence-corrected chi connectivity index (χ2v) is 10.6. The largest absolute Gasteiger partial charge is 0.298 e. The third-order valence-corrected chi connectivity index (χ3v) is 10.1. The highest BCUT2D eigenvalue weighted by molar-refractivity contribution is 6.08. The first-order valence-corrected chi connectivity index (χ1v) is 10.6. The molecule has 5 aliphatic carbocycles. The summed E-state index contributed by atoms with van der Waals surface area (Å²) in [6.07, 6.45) is 4.58. The Morgan fingerprint density at radius 1 is 0.607 bits per heavy atom. The lowest BCUT2D eigenvalue weighted by Crippen LogP contribution is -2.48. The zero-order valence-corrected chi connectivity index (χ0v) is 15.4. The van der Waals surface area contributed by atoms with E-state index in [2.05, 4.69) is 10.6 Å². The highest BCUT2D eigenvalue weighted by Crippen LogP contribution is 2.75. The molecule has 0 aromatic heterocycles. The summed E-state index contributed by atoms with van der Waals surface area (Å²) >= 11 is 0. The molecule has 2 saturated heterocycles. The Bertz CT molecular complexity index is 856. The molecule has 146 valence electrons. The van der Waals surface area contributed by atoms with Gasteiger partial charge in [0.15, 0.2) is 0 Å². The Labute approximate surface area is 161 Å². The van der Waals surface area contributed by atoms with E-state index in [0.717, 1.165) is 38.5 Å². The molecule has 0 aromatic rings. The summed E-state index contributed by atoms with van der Waals surface area (Å²) in [4.78, 5) is 63.3. The van der Waals surface area contributed by atoms with Crippen molar-refractivity contribution in [3.63, 3.8) is 0 Å². The van der Waals surface area contributed by atoms with Gasteiger partial charge in [0, 0.05) is 10.8 Å². The second-order valence-electron chi connectivity index (χ2n) is 10.6. The van der Waals surface area contributed by atoms with E-state index in [1.54, 1.807) is 0 Å². The van der Waals surface area contributed by atoms with E-state index in [1.807, 2.05) is 0 Å². The highest BCUT2D eigenvalue weighted by atomic mass is 16.2. The van der Waals surface area contributed by atoms with Gasteiger partial charge < -0.3 is 0 Å². The quantitative estimate of drug-likeness (QED) is 0.581. The molecule has 10 unspecified atom stereocenters. The zero-order valence-electron chi connectivity index (χ0n) is 15.4. The Hall–Kier alpha value is -2.05. The molecule has 4 amide bonds. The van der Waals surface area contributed by atoms with Crippen molar-refractivity contribution in [2.75, 3.05) is 0 Å². The zero-order chi connectivity index (χ0) is 19.2. The van der Waals surface area contributed by atoms with Crippen LogP contribution in [0.4, 0.5) is 0 Å². The first kappa shape index (κ1) is 15.8. The van der Waals surface area contributed by atoms with Crippen molar-refractivity contribution in [2.45, 2.75) is 38.5 Å². The van der Waals surface area contributed by atoms with E-state index in [-0.39, 0.29) is 76.8 Å². The maximum Gasteiger partial charge on any atom is 0.230 e. The number of fused-ring (bicyclic) bond motifs is 12. The summed E-state index contributed by atoms with van der Waals surface area (Å²) in [5.41, 5.74) is -0.986. The standard InChI is InChI=1S/C21H22N2O5/c24-15-11-7-3-9(13(11)17(26)22-15)20(5-7)1-2-21(19(20)28)6-8-4-10(21)14-12(8)16(25)23-18(14)27/h7-14H,1-6H2,(H,22,24,26)(H,23,25,27). The van der Waals surface area contributed by atoms with Gasteiger partial charge in [0.05, 0.1) is 23.7 Å². The normalized spacial score (nSPS) is 57.6. The molecule has 28 heavy (non-hydrogen) atoms. The van der Waals surface area contributed by atoms with Gasteiger partial charge in [-0.1, -0.05) is 0 Å². The third-order valence-electron chi connectivity index (χ3n) is 10.1. The highest BCUT2D eigenvalue weighted by Gasteiger charge is 2.77. The molecular formula is C21H22N2O5. The van der Waals surface area contributed by atoms with Crippen molar-refractivity contribution in [1.82, 2.24) is 10.6 Å². The van der Waals surface area contributed by atoms with Gasteiger partial charge in [-0.3, -0.25) is 34.6 Å². The SMILES string of the molecule is O=C1NC(=O)C2C1C1CC2C2(CCC3(CC4CC3C3C(=O)NC(=O)C43)C2=O)C1. The number of nitrogens with one attached hydrogen (secondary N) is 2. The number of amides is 4. The van der Waals surface area contributed by atoms with E-state index in [1.165, 1.54) is 0 Å². The minimum Gasteiger partial charge on any atom is -0.298 e. The fourth-order valence-corrected chi connectivity index (χ4v) is 9.41. The van der Waals surface area contributed by atoms with E-state index in [4.69, 9.17) is 0 Å². The number of hydrogen-bond acceptors (Lipinski definition) is 5. The lowest BCUT2D eigenvalue weighted by molar-refractivity contribution is -0.145. The summed E-state index contributed by atoms with van der Waals surface area (Å²) in [6.45, 7) is 0. The molecule has 2 N–H and O–H groups in total. The van der Waals surface area contributed by atoms with Crippen molar-refractivity contribution in [1.29, 1.82) is 0 Å². The molecule has 0 radical (unpaired) electrons. The van der Waals surface area contributed by atoms with E-state index in [0.29, 0.717) is 0 Å². The van der Waals surface area contributed by atoms with Crippen LogP contribution >= 0.6 is 0 Å². The number of imide groups is 2. The van der Waals surface area contributed by atoms with Gasteiger partial charge in [-0.05, 0) is 62.2 Å². The van der Waals surface area contributed by atoms with Crippen LogP contribution in [0.5, 0.6) is 0 Å². The van der Waals surface area contributed by atoms with Crippen LogP contribution in [-0.2, 0) is 24.0 Å². The summed E-state index contributed by atoms with van der Waals surface area (Å²) in [7, 11) is 0. The van der Waals surface area contributed by atoms with Gasteiger partial charge >= 0.3 is 0 Å². The van der Waals surface area contributed by atoms with Crippen LogP contribution < -0.4 is 10.6 Å². The summed E-state index contributed by atoms with van der Waals surface area (Å²) in [5.74, 6) is -1.39. The monoisotopic (exact) mass is 382 g/mol. The predicted octanol–water partition coefficient (Wildman–Crippen LogP) is 0.179. The molecule has 2 spiro atoms. The number of Topliss-reactive ketones (excluding diaryl/α,β-unsaturated/α-hetero) is 1. The first-order chi connectivity index (χ1) is 13.4. The summed E-state index contributed by atoms with van der Waals surface area (Å²) < 4.78 is 0. The average Bonchev–Trinajstić information content (AvgIpc) is 3.46. The molecule has 2 aliphatic heterocycles. The van der Waals surface area contributed by atoms with Crippen molar-refractivity contribution in [2.24, 2.45) is 58.2 Å². The van der Waals surface area contributed by atoms with Crippen LogP contribution in [0.3, 0.4) is 0 Å². The van der Waals surface area contributed by atoms with Gasteiger partial charge in [-0.15, -0.1) is 0 Å². The van der Waals surface area contributed by atoms with Crippen molar-refractivity contribution < 1.29 is 24.0 Å². The predicted molar refractivity (Wildman–Crippen MR) is 91.8 cm³/mol. The fourth-order valence-electron chi connectivity index (χ4n) is 9.41. The maximum absolute atomic E-state index is 14.1. The van der Waals surface area contributed by atoms with Crippen molar-refractivity contribution in [3.05, 3.63) is 0 Å². The fraction of sp³-hybridized carbons (Fsp3) is 0.762. The number of carbonyl (C=O) groups is 5.